The first-order valence-electron chi connectivity index (χ1n) is 8.52. The quantitative estimate of drug-likeness (QED) is 0.698. The van der Waals surface area contributed by atoms with Crippen molar-refractivity contribution >= 4 is 23.4 Å². The molecule has 8 nitrogen and oxygen atoms in total. The SMILES string of the molecule is CCC(=O)N(CC(=O)NCC(=O)Nc1ccc(OC)cc1)Cc1ccco1. The number of rotatable bonds is 9. The van der Waals surface area contributed by atoms with Gasteiger partial charge in [-0.1, -0.05) is 6.92 Å². The number of ether oxygens (including phenoxy) is 1. The highest BCUT2D eigenvalue weighted by atomic mass is 16.5. The number of anilines is 1. The summed E-state index contributed by atoms with van der Waals surface area (Å²) in [4.78, 5) is 37.5. The number of amides is 3. The number of carbonyl (C=O) groups excluding carboxylic acids is 3. The fraction of sp³-hybridized carbons (Fsp3) is 0.316. The molecule has 0 saturated heterocycles. The molecule has 0 fully saturated rings. The third-order valence-corrected chi connectivity index (χ3v) is 3.74. The van der Waals surface area contributed by atoms with Crippen LogP contribution in [-0.4, -0.2) is 42.8 Å². The van der Waals surface area contributed by atoms with E-state index in [-0.39, 0.29) is 37.9 Å². The van der Waals surface area contributed by atoms with Gasteiger partial charge in [-0.25, -0.2) is 0 Å². The summed E-state index contributed by atoms with van der Waals surface area (Å²) in [5, 5.41) is 5.18. The van der Waals surface area contributed by atoms with Gasteiger partial charge in [-0.15, -0.1) is 0 Å². The number of nitrogens with one attached hydrogen (secondary N) is 2. The maximum Gasteiger partial charge on any atom is 0.243 e. The normalized spacial score (nSPS) is 10.1. The third kappa shape index (κ3) is 6.50. The lowest BCUT2D eigenvalue weighted by molar-refractivity contribution is -0.136. The van der Waals surface area contributed by atoms with E-state index in [2.05, 4.69) is 10.6 Å². The van der Waals surface area contributed by atoms with Crippen LogP contribution < -0.4 is 15.4 Å². The van der Waals surface area contributed by atoms with Crippen LogP contribution in [0.15, 0.2) is 47.1 Å². The van der Waals surface area contributed by atoms with Gasteiger partial charge in [0, 0.05) is 12.1 Å². The van der Waals surface area contributed by atoms with Crippen molar-refractivity contribution in [1.82, 2.24) is 10.2 Å². The van der Waals surface area contributed by atoms with Crippen molar-refractivity contribution in [3.8, 4) is 5.75 Å². The zero-order valence-corrected chi connectivity index (χ0v) is 15.4. The Hall–Kier alpha value is -3.29. The highest BCUT2D eigenvalue weighted by Crippen LogP contribution is 2.14. The summed E-state index contributed by atoms with van der Waals surface area (Å²) >= 11 is 0. The van der Waals surface area contributed by atoms with Crippen LogP contribution in [0.1, 0.15) is 19.1 Å². The van der Waals surface area contributed by atoms with Gasteiger partial charge >= 0.3 is 0 Å². The monoisotopic (exact) mass is 373 g/mol. The molecule has 8 heteroatoms. The number of hydrogen-bond donors (Lipinski definition) is 2. The average Bonchev–Trinajstić information content (AvgIpc) is 3.19. The van der Waals surface area contributed by atoms with Gasteiger partial charge in [0.2, 0.25) is 17.7 Å². The summed E-state index contributed by atoms with van der Waals surface area (Å²) in [5.74, 6) is 0.297. The van der Waals surface area contributed by atoms with Crippen LogP contribution in [0.5, 0.6) is 5.75 Å². The minimum atomic E-state index is -0.423. The molecular weight excluding hydrogens is 350 g/mol. The summed E-state index contributed by atoms with van der Waals surface area (Å²) in [5.41, 5.74) is 0.593. The van der Waals surface area contributed by atoms with E-state index in [1.807, 2.05) is 0 Å². The number of hydrogen-bond acceptors (Lipinski definition) is 5. The van der Waals surface area contributed by atoms with Crippen LogP contribution in [-0.2, 0) is 20.9 Å². The molecule has 0 unspecified atom stereocenters. The molecule has 1 heterocycles. The van der Waals surface area contributed by atoms with E-state index in [1.54, 1.807) is 50.4 Å². The van der Waals surface area contributed by atoms with Gasteiger partial charge in [-0.05, 0) is 36.4 Å². The van der Waals surface area contributed by atoms with Crippen LogP contribution in [0.2, 0.25) is 0 Å². The Kier molecular flexibility index (Phi) is 7.42. The molecule has 0 aliphatic carbocycles. The maximum atomic E-state index is 12.1. The molecular formula is C19H23N3O5. The molecule has 0 radical (unpaired) electrons. The minimum absolute atomic E-state index is 0.150. The summed E-state index contributed by atoms with van der Waals surface area (Å²) in [7, 11) is 1.56. The van der Waals surface area contributed by atoms with Crippen molar-refractivity contribution in [3.63, 3.8) is 0 Å². The number of methoxy groups -OCH3 is 1. The van der Waals surface area contributed by atoms with Crippen LogP contribution >= 0.6 is 0 Å². The van der Waals surface area contributed by atoms with Crippen molar-refractivity contribution in [2.24, 2.45) is 0 Å². The lowest BCUT2D eigenvalue weighted by Gasteiger charge is -2.20. The number of carbonyl (C=O) groups is 3. The summed E-state index contributed by atoms with van der Waals surface area (Å²) in [6.45, 7) is 1.58. The second-order valence-corrected chi connectivity index (χ2v) is 5.74. The first-order valence-corrected chi connectivity index (χ1v) is 8.52. The van der Waals surface area contributed by atoms with Crippen molar-refractivity contribution in [3.05, 3.63) is 48.4 Å². The molecule has 1 aromatic heterocycles. The lowest BCUT2D eigenvalue weighted by atomic mass is 10.3. The molecule has 0 spiro atoms. The Morgan fingerprint density at radius 2 is 1.85 bits per heavy atom. The van der Waals surface area contributed by atoms with E-state index in [9.17, 15) is 14.4 Å². The molecule has 0 saturated carbocycles. The molecule has 0 atom stereocenters. The van der Waals surface area contributed by atoms with Gasteiger partial charge in [0.05, 0.1) is 26.5 Å². The topological polar surface area (TPSA) is 101 Å². The average molecular weight is 373 g/mol. The van der Waals surface area contributed by atoms with E-state index < -0.39 is 5.91 Å². The highest BCUT2D eigenvalue weighted by molar-refractivity contribution is 5.95. The van der Waals surface area contributed by atoms with Crippen molar-refractivity contribution in [1.29, 1.82) is 0 Å². The van der Waals surface area contributed by atoms with Crippen LogP contribution in [0.25, 0.3) is 0 Å². The van der Waals surface area contributed by atoms with E-state index in [1.165, 1.54) is 11.2 Å². The number of nitrogens with zero attached hydrogens (tertiary/aromatic N) is 1. The smallest absolute Gasteiger partial charge is 0.243 e. The van der Waals surface area contributed by atoms with Crippen LogP contribution in [0.3, 0.4) is 0 Å². The standard InChI is InChI=1S/C19H23N3O5/c1-3-19(25)22(12-16-5-4-10-27-16)13-18(24)20-11-17(23)21-14-6-8-15(26-2)9-7-14/h4-10H,3,11-13H2,1-2H3,(H,20,24)(H,21,23). The van der Waals surface area contributed by atoms with Gasteiger partial charge in [-0.3, -0.25) is 14.4 Å². The molecule has 1 aromatic carbocycles. The molecule has 3 amide bonds. The van der Waals surface area contributed by atoms with Crippen LogP contribution in [0, 0.1) is 0 Å². The molecule has 2 N–H and O–H groups in total. The van der Waals surface area contributed by atoms with E-state index in [0.29, 0.717) is 17.2 Å². The Bertz CT molecular complexity index is 756. The molecule has 0 aliphatic rings. The van der Waals surface area contributed by atoms with E-state index >= 15 is 0 Å². The molecule has 27 heavy (non-hydrogen) atoms. The van der Waals surface area contributed by atoms with Gasteiger partial charge in [0.25, 0.3) is 0 Å². The Labute approximate surface area is 157 Å². The molecule has 0 aliphatic heterocycles. The number of benzene rings is 1. The van der Waals surface area contributed by atoms with Gasteiger partial charge < -0.3 is 24.7 Å². The second-order valence-electron chi connectivity index (χ2n) is 5.74. The van der Waals surface area contributed by atoms with Gasteiger partial charge in [-0.2, -0.15) is 0 Å². The zero-order chi connectivity index (χ0) is 19.6. The lowest BCUT2D eigenvalue weighted by Crippen LogP contribution is -2.42. The van der Waals surface area contributed by atoms with Crippen LogP contribution in [0.4, 0.5) is 5.69 Å². The first kappa shape index (κ1) is 20.0. The molecule has 144 valence electrons. The Balaban J connectivity index is 1.81. The van der Waals surface area contributed by atoms with Gasteiger partial charge in [0.15, 0.2) is 0 Å². The highest BCUT2D eigenvalue weighted by Gasteiger charge is 2.17. The molecule has 2 aromatic rings. The summed E-state index contributed by atoms with van der Waals surface area (Å²) in [6.07, 6.45) is 1.78. The molecule has 2 rings (SSSR count). The van der Waals surface area contributed by atoms with Crippen molar-refractivity contribution < 1.29 is 23.5 Å². The second kappa shape index (κ2) is 10.0. The number of furan rings is 1. The summed E-state index contributed by atoms with van der Waals surface area (Å²) in [6, 6.07) is 10.3. The Morgan fingerprint density at radius 1 is 1.11 bits per heavy atom. The van der Waals surface area contributed by atoms with E-state index in [4.69, 9.17) is 9.15 Å². The van der Waals surface area contributed by atoms with E-state index in [0.717, 1.165) is 0 Å². The third-order valence-electron chi connectivity index (χ3n) is 3.74. The maximum absolute atomic E-state index is 12.1. The predicted molar refractivity (Wildman–Crippen MR) is 99.0 cm³/mol. The fourth-order valence-electron chi connectivity index (χ4n) is 2.33. The minimum Gasteiger partial charge on any atom is -0.497 e. The van der Waals surface area contributed by atoms with Crippen molar-refractivity contribution in [2.45, 2.75) is 19.9 Å². The first-order chi connectivity index (χ1) is 13.0. The fourth-order valence-corrected chi connectivity index (χ4v) is 2.33. The Morgan fingerprint density at radius 3 is 2.44 bits per heavy atom. The predicted octanol–water partition coefficient (Wildman–Crippen LogP) is 1.78. The summed E-state index contributed by atoms with van der Waals surface area (Å²) < 4.78 is 10.3. The van der Waals surface area contributed by atoms with Gasteiger partial charge in [0.1, 0.15) is 18.1 Å². The zero-order valence-electron chi connectivity index (χ0n) is 15.4. The largest absolute Gasteiger partial charge is 0.497 e. The molecule has 0 bridgehead atoms. The van der Waals surface area contributed by atoms with Crippen molar-refractivity contribution in [2.75, 3.05) is 25.5 Å².